The highest BCUT2D eigenvalue weighted by Gasteiger charge is 2.56. The molecule has 0 aliphatic heterocycles. The average Bonchev–Trinajstić information content (AvgIpc) is 2.88. The Hall–Kier alpha value is -2.28. The number of rotatable bonds is 16. The lowest BCUT2D eigenvalue weighted by Gasteiger charge is -2.19. The second kappa shape index (κ2) is 14.8. The van der Waals surface area contributed by atoms with Gasteiger partial charge in [-0.2, -0.15) is 33.7 Å². The maximum absolute atomic E-state index is 12.9. The minimum Gasteiger partial charge on any atom is -0.508 e. The predicted molar refractivity (Wildman–Crippen MR) is 149 cm³/mol. The van der Waals surface area contributed by atoms with Gasteiger partial charge >= 0.3 is 12.1 Å². The summed E-state index contributed by atoms with van der Waals surface area (Å²) in [6, 6.07) is 20.2. The lowest BCUT2D eigenvalue weighted by molar-refractivity contribution is -0.284. The molecule has 0 saturated carbocycles. The molecule has 0 heterocycles. The van der Waals surface area contributed by atoms with E-state index in [2.05, 4.69) is 36.4 Å². The van der Waals surface area contributed by atoms with Gasteiger partial charge in [-0.3, -0.25) is 0 Å². The van der Waals surface area contributed by atoms with Crippen LogP contribution < -0.4 is 0 Å². The molecule has 0 bridgehead atoms. The van der Waals surface area contributed by atoms with Crippen molar-refractivity contribution in [1.29, 1.82) is 0 Å². The number of unbranched alkanes of at least 4 members (excludes halogenated alkanes) is 7. The Morgan fingerprint density at radius 1 is 0.658 bits per heavy atom. The van der Waals surface area contributed by atoms with Crippen LogP contribution in [0.15, 0.2) is 60.7 Å². The molecule has 0 amide bonds. The van der Waals surface area contributed by atoms with Crippen molar-refractivity contribution < 1.29 is 27.1 Å². The van der Waals surface area contributed by atoms with Crippen LogP contribution in [0.3, 0.4) is 0 Å². The SMILES string of the molecule is Oc1ccc2c(CCCCCCCCCCSCCCC(F)(F)C(F)(F)F)c(-c3ccccc3)ccc2c1. The number of benzene rings is 3. The molecule has 0 saturated heterocycles. The quantitative estimate of drug-likeness (QED) is 0.141. The van der Waals surface area contributed by atoms with Crippen LogP contribution in [0.2, 0.25) is 0 Å². The molecule has 3 aromatic rings. The van der Waals surface area contributed by atoms with Gasteiger partial charge in [0.1, 0.15) is 5.75 Å². The van der Waals surface area contributed by atoms with E-state index in [9.17, 15) is 27.1 Å². The maximum Gasteiger partial charge on any atom is 0.453 e. The average molecular weight is 553 g/mol. The van der Waals surface area contributed by atoms with E-state index >= 15 is 0 Å². The number of hydrogen-bond donors (Lipinski definition) is 1. The lowest BCUT2D eigenvalue weighted by Crippen LogP contribution is -2.36. The van der Waals surface area contributed by atoms with Crippen molar-refractivity contribution in [1.82, 2.24) is 0 Å². The minimum absolute atomic E-state index is 0.120. The molecule has 7 heteroatoms. The van der Waals surface area contributed by atoms with Crippen LogP contribution in [0.4, 0.5) is 22.0 Å². The van der Waals surface area contributed by atoms with Gasteiger partial charge in [0.05, 0.1) is 0 Å². The molecule has 0 aliphatic rings. The van der Waals surface area contributed by atoms with E-state index < -0.39 is 18.5 Å². The van der Waals surface area contributed by atoms with Crippen LogP contribution >= 0.6 is 11.8 Å². The number of alkyl halides is 5. The normalized spacial score (nSPS) is 12.3. The van der Waals surface area contributed by atoms with Gasteiger partial charge in [0, 0.05) is 6.42 Å². The molecule has 1 nitrogen and oxygen atoms in total. The highest BCUT2D eigenvalue weighted by Crippen LogP contribution is 2.39. The first-order valence-electron chi connectivity index (χ1n) is 13.5. The number of thioether (sulfide) groups is 1. The summed E-state index contributed by atoms with van der Waals surface area (Å²) < 4.78 is 62.2. The fourth-order valence-corrected chi connectivity index (χ4v) is 5.71. The molecule has 3 aromatic carbocycles. The molecule has 0 atom stereocenters. The summed E-state index contributed by atoms with van der Waals surface area (Å²) >= 11 is 1.46. The maximum atomic E-state index is 12.9. The first-order valence-corrected chi connectivity index (χ1v) is 14.7. The Kier molecular flexibility index (Phi) is 11.8. The Labute approximate surface area is 226 Å². The lowest BCUT2D eigenvalue weighted by atomic mass is 9.90. The number of halogens is 5. The highest BCUT2D eigenvalue weighted by molar-refractivity contribution is 7.99. The highest BCUT2D eigenvalue weighted by atomic mass is 32.2. The number of hydrogen-bond acceptors (Lipinski definition) is 2. The van der Waals surface area contributed by atoms with Crippen LogP contribution in [0.5, 0.6) is 5.75 Å². The van der Waals surface area contributed by atoms with E-state index in [1.54, 1.807) is 6.07 Å². The molecule has 0 spiro atoms. The molecular weight excluding hydrogens is 515 g/mol. The summed E-state index contributed by atoms with van der Waals surface area (Å²) in [5.74, 6) is -3.14. The number of aryl methyl sites for hydroxylation is 1. The third-order valence-corrected chi connectivity index (χ3v) is 8.01. The number of phenolic OH excluding ortho intramolecular Hbond substituents is 1. The molecule has 0 fully saturated rings. The first kappa shape index (κ1) is 30.3. The van der Waals surface area contributed by atoms with Crippen LogP contribution in [-0.2, 0) is 6.42 Å². The second-order valence-electron chi connectivity index (χ2n) is 9.86. The Morgan fingerprint density at radius 3 is 1.97 bits per heavy atom. The molecule has 3 rings (SSSR count). The summed E-state index contributed by atoms with van der Waals surface area (Å²) in [6.45, 7) is 0. The Balaban J connectivity index is 1.30. The molecule has 0 radical (unpaired) electrons. The summed E-state index contributed by atoms with van der Waals surface area (Å²) in [5, 5.41) is 12.1. The molecular formula is C31H37F5OS. The van der Waals surface area contributed by atoms with E-state index in [1.807, 2.05) is 18.2 Å². The fraction of sp³-hybridized carbons (Fsp3) is 0.484. The molecule has 208 valence electrons. The van der Waals surface area contributed by atoms with E-state index in [0.717, 1.165) is 56.1 Å². The van der Waals surface area contributed by atoms with Gasteiger partial charge in [0.15, 0.2) is 0 Å². The van der Waals surface area contributed by atoms with Gasteiger partial charge in [-0.05, 0) is 76.8 Å². The van der Waals surface area contributed by atoms with Gasteiger partial charge in [-0.25, -0.2) is 0 Å². The zero-order valence-corrected chi connectivity index (χ0v) is 22.5. The summed E-state index contributed by atoms with van der Waals surface area (Å²) in [7, 11) is 0. The largest absolute Gasteiger partial charge is 0.508 e. The second-order valence-corrected chi connectivity index (χ2v) is 11.1. The topological polar surface area (TPSA) is 20.2 Å². The van der Waals surface area contributed by atoms with Crippen LogP contribution in [-0.4, -0.2) is 28.7 Å². The molecule has 0 aromatic heterocycles. The summed E-state index contributed by atoms with van der Waals surface area (Å²) in [5.41, 5.74) is 3.78. The van der Waals surface area contributed by atoms with Gasteiger partial charge in [0.25, 0.3) is 0 Å². The smallest absolute Gasteiger partial charge is 0.453 e. The molecule has 0 unspecified atom stereocenters. The molecule has 38 heavy (non-hydrogen) atoms. The zero-order chi connectivity index (χ0) is 27.4. The van der Waals surface area contributed by atoms with Crippen LogP contribution in [0, 0.1) is 0 Å². The van der Waals surface area contributed by atoms with Gasteiger partial charge in [-0.1, -0.05) is 87.1 Å². The fourth-order valence-electron chi connectivity index (χ4n) is 4.75. The van der Waals surface area contributed by atoms with Crippen molar-refractivity contribution in [2.24, 2.45) is 0 Å². The summed E-state index contributed by atoms with van der Waals surface area (Å²) in [6.07, 6.45) is 3.22. The van der Waals surface area contributed by atoms with Crippen molar-refractivity contribution in [2.75, 3.05) is 11.5 Å². The predicted octanol–water partition coefficient (Wildman–Crippen LogP) is 10.6. The van der Waals surface area contributed by atoms with E-state index in [0.29, 0.717) is 5.75 Å². The van der Waals surface area contributed by atoms with Gasteiger partial charge in [0.2, 0.25) is 0 Å². The molecule has 1 N–H and O–H groups in total. The van der Waals surface area contributed by atoms with Crippen molar-refractivity contribution >= 4 is 22.5 Å². The van der Waals surface area contributed by atoms with E-state index in [1.165, 1.54) is 46.7 Å². The first-order chi connectivity index (χ1) is 18.2. The zero-order valence-electron chi connectivity index (χ0n) is 21.7. The standard InChI is InChI=1S/C31H37F5OS/c32-30(33,31(34,35)36)20-12-22-38-21-11-6-4-2-1-3-5-10-15-29-27(24-13-8-7-9-14-24)18-16-25-23-26(37)17-19-28(25)29/h7-9,13-14,16-19,23,37H,1-6,10-12,15,20-22H2. The van der Waals surface area contributed by atoms with Crippen molar-refractivity contribution in [3.63, 3.8) is 0 Å². The van der Waals surface area contributed by atoms with E-state index in [-0.39, 0.29) is 12.2 Å². The monoisotopic (exact) mass is 552 g/mol. The third kappa shape index (κ3) is 9.18. The number of phenols is 1. The third-order valence-electron chi connectivity index (χ3n) is 6.86. The number of aromatic hydroxyl groups is 1. The van der Waals surface area contributed by atoms with Crippen LogP contribution in [0.25, 0.3) is 21.9 Å². The Bertz CT molecular complexity index is 1110. The van der Waals surface area contributed by atoms with Crippen molar-refractivity contribution in [2.45, 2.75) is 82.7 Å². The Morgan fingerprint density at radius 2 is 1.29 bits per heavy atom. The van der Waals surface area contributed by atoms with E-state index in [4.69, 9.17) is 0 Å². The van der Waals surface area contributed by atoms with Crippen LogP contribution in [0.1, 0.15) is 69.8 Å². The number of fused-ring (bicyclic) bond motifs is 1. The van der Waals surface area contributed by atoms with Crippen molar-refractivity contribution in [3.8, 4) is 16.9 Å². The summed E-state index contributed by atoms with van der Waals surface area (Å²) in [4.78, 5) is 0. The van der Waals surface area contributed by atoms with Gasteiger partial charge in [-0.15, -0.1) is 0 Å². The van der Waals surface area contributed by atoms with Crippen molar-refractivity contribution in [3.05, 3.63) is 66.2 Å². The molecule has 0 aliphatic carbocycles. The minimum atomic E-state index is -5.44. The van der Waals surface area contributed by atoms with Gasteiger partial charge < -0.3 is 5.11 Å².